The molecule has 0 heterocycles. The fourth-order valence-corrected chi connectivity index (χ4v) is 0.647. The van der Waals surface area contributed by atoms with Gasteiger partial charge in [-0.15, -0.1) is 0 Å². The Labute approximate surface area is 93.1 Å². The van der Waals surface area contributed by atoms with E-state index in [0.29, 0.717) is 6.42 Å². The van der Waals surface area contributed by atoms with E-state index >= 15 is 0 Å². The molecular formula is C8H7BrMgO. The molecule has 0 amide bonds. The molecule has 1 aromatic rings. The molecule has 0 aliphatic carbocycles. The van der Waals surface area contributed by atoms with Gasteiger partial charge in [-0.2, -0.15) is 35.9 Å². The summed E-state index contributed by atoms with van der Waals surface area (Å²) < 4.78 is 0. The van der Waals surface area contributed by atoms with Gasteiger partial charge in [0.25, 0.3) is 0 Å². The van der Waals surface area contributed by atoms with Crippen LogP contribution >= 0.6 is 0 Å². The van der Waals surface area contributed by atoms with Crippen LogP contribution in [0.4, 0.5) is 0 Å². The number of rotatable bonds is 2. The molecule has 0 aromatic heterocycles. The number of hydrogen-bond donors (Lipinski definition) is 0. The molecule has 0 aliphatic heterocycles. The molecule has 0 spiro atoms. The summed E-state index contributed by atoms with van der Waals surface area (Å²) in [6.07, 6.45) is 1.35. The van der Waals surface area contributed by atoms with Crippen LogP contribution in [0.2, 0.25) is 0 Å². The maximum absolute atomic E-state index is 9.95. The summed E-state index contributed by atoms with van der Waals surface area (Å²) in [6, 6.07) is 10.4. The summed E-state index contributed by atoms with van der Waals surface area (Å²) in [5.41, 5.74) is 0.951. The molecule has 0 radical (unpaired) electrons. The molecule has 54 valence electrons. The van der Waals surface area contributed by atoms with Crippen molar-refractivity contribution in [2.24, 2.45) is 0 Å². The minimum Gasteiger partial charge on any atom is -1.00 e. The smallest absolute Gasteiger partial charge is 1.00 e. The maximum Gasteiger partial charge on any atom is 2.00 e. The Morgan fingerprint density at radius 3 is 2.64 bits per heavy atom. The molecule has 0 atom stereocenters. The van der Waals surface area contributed by atoms with Crippen molar-refractivity contribution in [1.82, 2.24) is 0 Å². The first-order chi connectivity index (χ1) is 4.43. The van der Waals surface area contributed by atoms with Crippen molar-refractivity contribution in [2.75, 3.05) is 0 Å². The van der Waals surface area contributed by atoms with E-state index in [4.69, 9.17) is 0 Å². The third-order valence-electron chi connectivity index (χ3n) is 1.08. The largest absolute Gasteiger partial charge is 2.00 e. The molecule has 0 saturated carbocycles. The van der Waals surface area contributed by atoms with Crippen LogP contribution in [-0.4, -0.2) is 29.3 Å². The average molecular weight is 223 g/mol. The fraction of sp³-hybridized carbons (Fsp3) is 0.125. The zero-order valence-electron chi connectivity index (χ0n) is 6.09. The second-order valence-electron chi connectivity index (χ2n) is 1.76. The summed E-state index contributed by atoms with van der Waals surface area (Å²) in [6.45, 7) is 0. The van der Waals surface area contributed by atoms with Crippen molar-refractivity contribution < 1.29 is 21.8 Å². The molecule has 1 rings (SSSR count). The van der Waals surface area contributed by atoms with E-state index < -0.39 is 0 Å². The van der Waals surface area contributed by atoms with Crippen LogP contribution in [-0.2, 0) is 11.2 Å². The number of benzene rings is 1. The minimum atomic E-state index is 0. The standard InChI is InChI=1S/C8H7O.BrH.Mg/c9-7-6-8-4-2-1-3-5-8;;/h1-4,7H,6H2;1H;/q-1;;+2/p-1. The molecule has 0 saturated heterocycles. The number of hydrogen-bond acceptors (Lipinski definition) is 1. The Kier molecular flexibility index (Phi) is 10.3. The Morgan fingerprint density at radius 1 is 1.45 bits per heavy atom. The SMILES string of the molecule is O=CCc1[c-]cccc1.[Br-].[Mg+2]. The topological polar surface area (TPSA) is 17.1 Å². The predicted molar refractivity (Wildman–Crippen MR) is 40.8 cm³/mol. The number of carbonyl (C=O) groups excluding carboxylic acids is 1. The normalized spacial score (nSPS) is 7.27. The van der Waals surface area contributed by atoms with Crippen LogP contribution in [0.1, 0.15) is 5.56 Å². The molecule has 0 N–H and O–H groups in total. The summed E-state index contributed by atoms with van der Waals surface area (Å²) in [7, 11) is 0. The molecule has 1 aromatic carbocycles. The second kappa shape index (κ2) is 8.23. The first kappa shape index (κ1) is 13.7. The van der Waals surface area contributed by atoms with Gasteiger partial charge in [0.1, 0.15) is 6.29 Å². The molecule has 11 heavy (non-hydrogen) atoms. The van der Waals surface area contributed by atoms with Gasteiger partial charge in [0.2, 0.25) is 0 Å². The van der Waals surface area contributed by atoms with E-state index in [1.807, 2.05) is 18.2 Å². The molecule has 0 aliphatic rings. The van der Waals surface area contributed by atoms with Gasteiger partial charge in [-0.25, -0.2) is 0 Å². The van der Waals surface area contributed by atoms with Crippen LogP contribution in [0.15, 0.2) is 24.3 Å². The van der Waals surface area contributed by atoms with Gasteiger partial charge in [0, 0.05) is 6.42 Å². The van der Waals surface area contributed by atoms with Crippen molar-refractivity contribution in [2.45, 2.75) is 6.42 Å². The maximum atomic E-state index is 9.95. The molecule has 0 fully saturated rings. The van der Waals surface area contributed by atoms with Crippen molar-refractivity contribution in [1.29, 1.82) is 0 Å². The predicted octanol–water partition coefficient (Wildman–Crippen LogP) is -2.15. The van der Waals surface area contributed by atoms with Crippen LogP contribution in [0.5, 0.6) is 0 Å². The molecular weight excluding hydrogens is 216 g/mol. The van der Waals surface area contributed by atoms with Crippen molar-refractivity contribution in [3.8, 4) is 0 Å². The first-order valence-corrected chi connectivity index (χ1v) is 2.82. The van der Waals surface area contributed by atoms with Gasteiger partial charge >= 0.3 is 23.1 Å². The van der Waals surface area contributed by atoms with Gasteiger partial charge in [-0.05, 0) is 0 Å². The summed E-state index contributed by atoms with van der Waals surface area (Å²) in [5, 5.41) is 0. The van der Waals surface area contributed by atoms with Gasteiger partial charge in [0.05, 0.1) is 0 Å². The molecule has 1 nitrogen and oxygen atoms in total. The third kappa shape index (κ3) is 5.41. The zero-order valence-corrected chi connectivity index (χ0v) is 9.09. The monoisotopic (exact) mass is 222 g/mol. The van der Waals surface area contributed by atoms with Gasteiger partial charge in [-0.3, -0.25) is 0 Å². The van der Waals surface area contributed by atoms with E-state index in [1.165, 1.54) is 0 Å². The Balaban J connectivity index is 0. The van der Waals surface area contributed by atoms with E-state index in [2.05, 4.69) is 6.07 Å². The van der Waals surface area contributed by atoms with Gasteiger partial charge in [-0.1, -0.05) is 0 Å². The third-order valence-corrected chi connectivity index (χ3v) is 1.08. The Bertz CT molecular complexity index is 189. The Hall–Kier alpha value is 0.136. The minimum absolute atomic E-state index is 0. The Morgan fingerprint density at radius 2 is 2.18 bits per heavy atom. The second-order valence-corrected chi connectivity index (χ2v) is 1.76. The van der Waals surface area contributed by atoms with Crippen LogP contribution < -0.4 is 17.0 Å². The number of carbonyl (C=O) groups is 1. The summed E-state index contributed by atoms with van der Waals surface area (Å²) in [5.74, 6) is 0. The number of aldehydes is 1. The quantitative estimate of drug-likeness (QED) is 0.317. The molecule has 0 bridgehead atoms. The zero-order chi connectivity index (χ0) is 6.53. The van der Waals surface area contributed by atoms with Crippen molar-refractivity contribution >= 4 is 29.3 Å². The van der Waals surface area contributed by atoms with Gasteiger partial charge in [0.15, 0.2) is 0 Å². The van der Waals surface area contributed by atoms with E-state index in [9.17, 15) is 4.79 Å². The first-order valence-electron chi connectivity index (χ1n) is 2.82. The van der Waals surface area contributed by atoms with Crippen LogP contribution in [0.25, 0.3) is 0 Å². The van der Waals surface area contributed by atoms with Crippen LogP contribution in [0.3, 0.4) is 0 Å². The van der Waals surface area contributed by atoms with Gasteiger partial charge < -0.3 is 21.8 Å². The fourth-order valence-electron chi connectivity index (χ4n) is 0.647. The van der Waals surface area contributed by atoms with Crippen LogP contribution in [0, 0.1) is 6.07 Å². The van der Waals surface area contributed by atoms with E-state index in [0.717, 1.165) is 11.8 Å². The molecule has 3 heteroatoms. The van der Waals surface area contributed by atoms with Crippen molar-refractivity contribution in [3.05, 3.63) is 35.9 Å². The van der Waals surface area contributed by atoms with Crippen molar-refractivity contribution in [3.63, 3.8) is 0 Å². The number of halogens is 1. The molecule has 0 unspecified atom stereocenters. The summed E-state index contributed by atoms with van der Waals surface area (Å²) >= 11 is 0. The van der Waals surface area contributed by atoms with E-state index in [-0.39, 0.29) is 40.0 Å². The summed E-state index contributed by atoms with van der Waals surface area (Å²) in [4.78, 5) is 9.95. The van der Waals surface area contributed by atoms with E-state index in [1.54, 1.807) is 6.07 Å². The average Bonchev–Trinajstić information content (AvgIpc) is 1.91.